The van der Waals surface area contributed by atoms with E-state index in [1.165, 1.54) is 31.4 Å². The molecule has 0 saturated heterocycles. The fourth-order valence-corrected chi connectivity index (χ4v) is 6.49. The summed E-state index contributed by atoms with van der Waals surface area (Å²) in [6, 6.07) is 11.4. The third kappa shape index (κ3) is 11.5. The topological polar surface area (TPSA) is 174 Å². The molecule has 0 spiro atoms. The lowest BCUT2D eigenvalue weighted by Gasteiger charge is -2.27. The Morgan fingerprint density at radius 1 is 0.926 bits per heavy atom. The number of nitrogens with zero attached hydrogens (tertiary/aromatic N) is 3. The molecule has 0 bridgehead atoms. The second-order valence-electron chi connectivity index (χ2n) is 13.6. The van der Waals surface area contributed by atoms with Crippen molar-refractivity contribution in [3.63, 3.8) is 0 Å². The molecular weight excluding hydrogens is 731 g/mol. The van der Waals surface area contributed by atoms with Crippen molar-refractivity contribution in [2.24, 2.45) is 11.8 Å². The predicted molar refractivity (Wildman–Crippen MR) is 193 cm³/mol. The molecule has 2 aliphatic carbocycles. The van der Waals surface area contributed by atoms with Gasteiger partial charge in [-0.15, -0.1) is 0 Å². The summed E-state index contributed by atoms with van der Waals surface area (Å²) in [7, 11) is 1.17. The average molecular weight is 774 g/mol. The molecular formula is C37H43ClF3N7O6. The van der Waals surface area contributed by atoms with Crippen LogP contribution in [0.3, 0.4) is 0 Å². The number of benzene rings is 2. The Hall–Kier alpha value is -4.99. The van der Waals surface area contributed by atoms with E-state index in [-0.39, 0.29) is 42.8 Å². The molecule has 3 aromatic rings. The maximum absolute atomic E-state index is 13.1. The van der Waals surface area contributed by atoms with E-state index in [1.807, 2.05) is 12.1 Å². The number of ether oxygens (including phenoxy) is 2. The smallest absolute Gasteiger partial charge is 0.422 e. The van der Waals surface area contributed by atoms with Gasteiger partial charge in [-0.3, -0.25) is 14.4 Å². The van der Waals surface area contributed by atoms with E-state index < -0.39 is 53.9 Å². The zero-order valence-electron chi connectivity index (χ0n) is 29.9. The number of hydrogen-bond acceptors (Lipinski definition) is 11. The first-order valence-electron chi connectivity index (χ1n) is 17.8. The van der Waals surface area contributed by atoms with Crippen LogP contribution in [-0.2, 0) is 24.7 Å². The van der Waals surface area contributed by atoms with Crippen LogP contribution in [0.2, 0.25) is 5.02 Å². The second kappa shape index (κ2) is 17.9. The van der Waals surface area contributed by atoms with E-state index in [1.54, 1.807) is 12.1 Å². The zero-order chi connectivity index (χ0) is 38.9. The largest absolute Gasteiger partial charge is 0.467 e. The van der Waals surface area contributed by atoms with E-state index in [0.717, 1.165) is 50.5 Å². The first-order chi connectivity index (χ1) is 25.8. The number of nitrogens with one attached hydrogen (secondary N) is 4. The van der Waals surface area contributed by atoms with Crippen molar-refractivity contribution >= 4 is 52.8 Å². The standard InChI is InChI=1S/C37H43ClF3N7O6/c1-3-22-4-6-23(7-5-22)20-29(49)31(51)42-19-16-28(32(52)53-2)44-30(50)24-8-14-27(15-9-24)43-33-45-34(47-35(46-33)54-21-37(39,40)41)48-36(17-18-36)25-10-12-26(38)13-11-25/h8-15,22-23,28H,3-7,16-21H2,1-2H3,(H,42,51)(H,44,50)(H2,43,45,46,47,48)/t22?,23?,28-/m0/s1. The number of ketones is 1. The quantitative estimate of drug-likeness (QED) is 0.0901. The van der Waals surface area contributed by atoms with Crippen molar-refractivity contribution in [1.82, 2.24) is 25.6 Å². The number of halogens is 4. The number of rotatable bonds is 17. The molecule has 1 aromatic heterocycles. The summed E-state index contributed by atoms with van der Waals surface area (Å²) in [6.07, 6.45) is 2.07. The monoisotopic (exact) mass is 773 g/mol. The predicted octanol–water partition coefficient (Wildman–Crippen LogP) is 6.26. The van der Waals surface area contributed by atoms with Crippen molar-refractivity contribution in [2.45, 2.75) is 82.5 Å². The molecule has 2 saturated carbocycles. The van der Waals surface area contributed by atoms with Gasteiger partial charge in [0.25, 0.3) is 11.8 Å². The van der Waals surface area contributed by atoms with E-state index >= 15 is 0 Å². The lowest BCUT2D eigenvalue weighted by molar-refractivity contribution is -0.154. The molecule has 0 unspecified atom stereocenters. The number of alkyl halides is 3. The maximum atomic E-state index is 13.1. The highest BCUT2D eigenvalue weighted by Crippen LogP contribution is 2.48. The van der Waals surface area contributed by atoms with Crippen molar-refractivity contribution in [3.05, 3.63) is 64.7 Å². The van der Waals surface area contributed by atoms with E-state index in [4.69, 9.17) is 21.1 Å². The van der Waals surface area contributed by atoms with Gasteiger partial charge in [-0.25, -0.2) is 4.79 Å². The molecule has 1 heterocycles. The number of anilines is 3. The van der Waals surface area contributed by atoms with Crippen LogP contribution >= 0.6 is 11.6 Å². The summed E-state index contributed by atoms with van der Waals surface area (Å²) in [5.74, 6) is -1.84. The van der Waals surface area contributed by atoms with E-state index in [0.29, 0.717) is 16.6 Å². The molecule has 5 rings (SSSR count). The molecule has 290 valence electrons. The van der Waals surface area contributed by atoms with Crippen LogP contribution in [0.5, 0.6) is 6.01 Å². The van der Waals surface area contributed by atoms with Gasteiger partial charge in [-0.05, 0) is 85.9 Å². The van der Waals surface area contributed by atoms with Gasteiger partial charge in [0.2, 0.25) is 17.7 Å². The number of carbonyl (C=O) groups excluding carboxylic acids is 4. The number of methoxy groups -OCH3 is 1. The van der Waals surface area contributed by atoms with Gasteiger partial charge < -0.3 is 30.7 Å². The number of amides is 2. The Morgan fingerprint density at radius 2 is 1.57 bits per heavy atom. The Kier molecular flexibility index (Phi) is 13.3. The van der Waals surface area contributed by atoms with Gasteiger partial charge in [0.1, 0.15) is 6.04 Å². The van der Waals surface area contributed by atoms with Crippen LogP contribution in [0.15, 0.2) is 48.5 Å². The van der Waals surface area contributed by atoms with Crippen LogP contribution in [0, 0.1) is 11.8 Å². The van der Waals surface area contributed by atoms with E-state index in [9.17, 15) is 32.3 Å². The molecule has 17 heteroatoms. The normalized spacial score (nSPS) is 18.1. The molecule has 2 aliphatic rings. The number of esters is 1. The minimum absolute atomic E-state index is 0.0168. The van der Waals surface area contributed by atoms with Crippen molar-refractivity contribution in [2.75, 3.05) is 30.9 Å². The number of hydrogen-bond donors (Lipinski definition) is 4. The number of aromatic nitrogens is 3. The maximum Gasteiger partial charge on any atom is 0.422 e. The molecule has 2 aromatic carbocycles. The molecule has 0 radical (unpaired) electrons. The van der Waals surface area contributed by atoms with Crippen molar-refractivity contribution in [3.8, 4) is 6.01 Å². The van der Waals surface area contributed by atoms with E-state index in [2.05, 4.69) is 43.1 Å². The van der Waals surface area contributed by atoms with Gasteiger partial charge in [0.15, 0.2) is 6.61 Å². The summed E-state index contributed by atoms with van der Waals surface area (Å²) < 4.78 is 48.5. The molecule has 0 aliphatic heterocycles. The summed E-state index contributed by atoms with van der Waals surface area (Å²) in [5, 5.41) is 11.8. The molecule has 54 heavy (non-hydrogen) atoms. The number of carbonyl (C=O) groups is 4. The van der Waals surface area contributed by atoms with Gasteiger partial charge in [0.05, 0.1) is 12.6 Å². The van der Waals surface area contributed by atoms with Gasteiger partial charge in [-0.2, -0.15) is 28.1 Å². The van der Waals surface area contributed by atoms with Crippen LogP contribution in [0.4, 0.5) is 30.8 Å². The minimum Gasteiger partial charge on any atom is -0.467 e. The summed E-state index contributed by atoms with van der Waals surface area (Å²) in [5.41, 5.74) is 0.896. The highest BCUT2D eigenvalue weighted by Gasteiger charge is 2.45. The van der Waals surface area contributed by atoms with Crippen LogP contribution in [0.25, 0.3) is 0 Å². The van der Waals surface area contributed by atoms with Crippen LogP contribution < -0.4 is 26.0 Å². The highest BCUT2D eigenvalue weighted by atomic mass is 35.5. The Balaban J connectivity index is 1.18. The molecule has 4 N–H and O–H groups in total. The van der Waals surface area contributed by atoms with Gasteiger partial charge in [-0.1, -0.05) is 49.9 Å². The molecule has 2 fully saturated rings. The Morgan fingerprint density at radius 3 is 2.19 bits per heavy atom. The summed E-state index contributed by atoms with van der Waals surface area (Å²) in [6.45, 7) is 0.499. The second-order valence-corrected chi connectivity index (χ2v) is 14.0. The van der Waals surface area contributed by atoms with Gasteiger partial charge >= 0.3 is 18.2 Å². The molecule has 1 atom stereocenters. The average Bonchev–Trinajstić information content (AvgIpc) is 3.93. The first kappa shape index (κ1) is 40.2. The molecule has 13 nitrogen and oxygen atoms in total. The van der Waals surface area contributed by atoms with Crippen LogP contribution in [0.1, 0.15) is 80.6 Å². The van der Waals surface area contributed by atoms with Crippen LogP contribution in [-0.4, -0.2) is 71.0 Å². The highest BCUT2D eigenvalue weighted by molar-refractivity contribution is 6.36. The SMILES string of the molecule is CCC1CCC(CC(=O)C(=O)NCC[C@H](NC(=O)c2ccc(Nc3nc(NC4(c5ccc(Cl)cc5)CC4)nc(OCC(F)(F)F)n3)cc2)C(=O)OC)CC1. The lowest BCUT2D eigenvalue weighted by atomic mass is 9.79. The zero-order valence-corrected chi connectivity index (χ0v) is 30.7. The fraction of sp³-hybridized carbons (Fsp3) is 0.486. The van der Waals surface area contributed by atoms with Gasteiger partial charge in [0, 0.05) is 29.2 Å². The molecule has 2 amide bonds. The Bertz CT molecular complexity index is 1780. The van der Waals surface area contributed by atoms with Crippen molar-refractivity contribution < 1.29 is 41.8 Å². The summed E-state index contributed by atoms with van der Waals surface area (Å²) >= 11 is 6.03. The minimum atomic E-state index is -4.63. The first-order valence-corrected chi connectivity index (χ1v) is 18.2. The van der Waals surface area contributed by atoms with Crippen molar-refractivity contribution in [1.29, 1.82) is 0 Å². The lowest BCUT2D eigenvalue weighted by Crippen LogP contribution is -2.44. The third-order valence-corrected chi connectivity index (χ3v) is 9.91. The Labute approximate surface area is 315 Å². The number of Topliss-reactive ketones (excluding diaryl/α,β-unsaturated/α-hetero) is 1. The fourth-order valence-electron chi connectivity index (χ4n) is 6.37. The summed E-state index contributed by atoms with van der Waals surface area (Å²) in [4.78, 5) is 62.9. The third-order valence-electron chi connectivity index (χ3n) is 9.66.